The fraction of sp³-hybridized carbons (Fsp3) is 0.186. The van der Waals surface area contributed by atoms with Crippen molar-refractivity contribution in [1.29, 1.82) is 0 Å². The third kappa shape index (κ3) is 5.22. The molecule has 13 rings (SSSR count). The second-order valence-corrected chi connectivity index (χ2v) is 21.9. The number of fused-ring (bicyclic) bond motifs is 15. The molecule has 309 valence electrons. The Morgan fingerprint density at radius 3 is 2.11 bits per heavy atom. The highest BCUT2D eigenvalue weighted by atomic mass is 32.1. The van der Waals surface area contributed by atoms with Crippen LogP contribution in [-0.2, 0) is 16.2 Å². The predicted octanol–water partition coefficient (Wildman–Crippen LogP) is 15.3. The minimum Gasteiger partial charge on any atom is -0.456 e. The molecule has 0 amide bonds. The van der Waals surface area contributed by atoms with Crippen LogP contribution in [0, 0.1) is 0 Å². The molecule has 2 aliphatic rings. The van der Waals surface area contributed by atoms with Gasteiger partial charge in [0.2, 0.25) is 0 Å². The van der Waals surface area contributed by atoms with E-state index in [-0.39, 0.29) is 16.2 Å². The van der Waals surface area contributed by atoms with Crippen LogP contribution < -0.4 is 16.2 Å². The number of thiophene rings is 1. The Labute approximate surface area is 378 Å². The molecule has 8 aromatic carbocycles. The molecule has 3 aromatic heterocycles. The number of rotatable bonds is 3. The molecule has 0 saturated carbocycles. The van der Waals surface area contributed by atoms with E-state index in [9.17, 15) is 0 Å². The highest BCUT2D eigenvalue weighted by molar-refractivity contribution is 7.26. The number of benzene rings is 8. The summed E-state index contributed by atoms with van der Waals surface area (Å²) in [5.41, 5.74) is 20.4. The molecule has 3 nitrogen and oxygen atoms in total. The smallest absolute Gasteiger partial charge is 0.198 e. The van der Waals surface area contributed by atoms with E-state index in [1.807, 2.05) is 11.3 Å². The van der Waals surface area contributed by atoms with Gasteiger partial charge in [-0.3, -0.25) is 0 Å². The van der Waals surface area contributed by atoms with Crippen molar-refractivity contribution in [2.24, 2.45) is 0 Å². The fourth-order valence-corrected chi connectivity index (χ4v) is 12.4. The summed E-state index contributed by atoms with van der Waals surface area (Å²) < 4.78 is 11.8. The lowest BCUT2D eigenvalue weighted by molar-refractivity contribution is 0.590. The maximum atomic E-state index is 6.62. The van der Waals surface area contributed by atoms with Crippen LogP contribution in [0.5, 0.6) is 0 Å². The van der Waals surface area contributed by atoms with Gasteiger partial charge in [-0.2, -0.15) is 0 Å². The third-order valence-electron chi connectivity index (χ3n) is 14.5. The number of hydrogen-bond acceptors (Lipinski definition) is 3. The van der Waals surface area contributed by atoms with Gasteiger partial charge in [-0.05, 0) is 104 Å². The summed E-state index contributed by atoms with van der Waals surface area (Å²) in [7, 11) is 2.49. The topological polar surface area (TPSA) is 30.1 Å². The van der Waals surface area contributed by atoms with Crippen molar-refractivity contribution in [3.63, 3.8) is 0 Å². The molecule has 0 spiro atoms. The number of anilines is 2. The quantitative estimate of drug-likeness (QED) is 0.180. The first-order valence-corrected chi connectivity index (χ1v) is 23.5. The van der Waals surface area contributed by atoms with Gasteiger partial charge in [-0.15, -0.1) is 11.3 Å². The van der Waals surface area contributed by atoms with Gasteiger partial charge in [0.25, 0.3) is 0 Å². The maximum Gasteiger partial charge on any atom is 0.198 e. The molecule has 0 unspecified atom stereocenters. The molecule has 64 heavy (non-hydrogen) atoms. The monoisotopic (exact) mass is 843 g/mol. The van der Waals surface area contributed by atoms with Gasteiger partial charge in [0.15, 0.2) is 7.28 Å². The van der Waals surface area contributed by atoms with E-state index in [1.165, 1.54) is 97.4 Å². The van der Waals surface area contributed by atoms with Crippen molar-refractivity contribution in [3.05, 3.63) is 162 Å². The Balaban J connectivity index is 1.20. The number of aromatic nitrogens is 1. The van der Waals surface area contributed by atoms with E-state index in [4.69, 9.17) is 4.42 Å². The number of para-hydroxylation sites is 1. The van der Waals surface area contributed by atoms with Gasteiger partial charge < -0.3 is 14.3 Å². The minimum atomic E-state index is -0.164. The molecule has 1 radical (unpaired) electrons. The van der Waals surface area contributed by atoms with Crippen LogP contribution in [0.2, 0.25) is 0 Å². The zero-order valence-corrected chi connectivity index (χ0v) is 38.4. The van der Waals surface area contributed by atoms with Crippen LogP contribution in [0.1, 0.15) is 77.6 Å². The lowest BCUT2D eigenvalue weighted by Gasteiger charge is -2.26. The second-order valence-electron chi connectivity index (χ2n) is 20.8. The van der Waals surface area contributed by atoms with Crippen LogP contribution in [0.25, 0.3) is 91.9 Å². The molecule has 0 saturated heterocycles. The third-order valence-corrected chi connectivity index (χ3v) is 15.7. The normalized spacial score (nSPS) is 14.2. The highest BCUT2D eigenvalue weighted by Crippen LogP contribution is 2.54. The van der Waals surface area contributed by atoms with Crippen molar-refractivity contribution in [3.8, 4) is 27.9 Å². The Morgan fingerprint density at radius 1 is 0.594 bits per heavy atom. The summed E-state index contributed by atoms with van der Waals surface area (Å²) in [6.07, 6.45) is 0. The van der Waals surface area contributed by atoms with Crippen LogP contribution in [0.3, 0.4) is 0 Å². The molecule has 5 heteroatoms. The first-order chi connectivity index (χ1) is 30.7. The fourth-order valence-electron chi connectivity index (χ4n) is 11.1. The molecular formula is C59H48BN2OS. The van der Waals surface area contributed by atoms with Gasteiger partial charge in [0.1, 0.15) is 11.2 Å². The molecule has 4 heterocycles. The Hall–Kier alpha value is -6.56. The minimum absolute atomic E-state index is 0.0218. The van der Waals surface area contributed by atoms with E-state index in [0.717, 1.165) is 39.0 Å². The van der Waals surface area contributed by atoms with Crippen molar-refractivity contribution in [1.82, 2.24) is 4.57 Å². The zero-order valence-electron chi connectivity index (χ0n) is 37.6. The summed E-state index contributed by atoms with van der Waals surface area (Å²) in [6.45, 7) is 18.6. The summed E-state index contributed by atoms with van der Waals surface area (Å²) in [5.74, 6) is 0. The average Bonchev–Trinajstić information content (AvgIpc) is 4.00. The van der Waals surface area contributed by atoms with Crippen molar-refractivity contribution >= 4 is 105 Å². The van der Waals surface area contributed by atoms with Gasteiger partial charge in [0.05, 0.1) is 5.52 Å². The number of nitrogens with one attached hydrogen (secondary N) is 1. The standard InChI is InChI=1S/C59H48BN2OS/c1-57(2,3)32-21-24-34(25-22-32)61-45-30-43-38(35-15-9-12-18-42(35)59(43,7)8)28-40(45)53-54-55-51(52-37-17-11-14-20-50(37)64-56(52)53)41-27-33(58(4,5)6)23-26-46(41)62(55)47-31-49-39(29-44(47)60-54)36-16-10-13-19-48(36)63-49/h9-31,61H,1-8H3. The lowest BCUT2D eigenvalue weighted by Crippen LogP contribution is -2.37. The molecule has 0 atom stereocenters. The van der Waals surface area contributed by atoms with Gasteiger partial charge in [0, 0.05) is 81.3 Å². The SMILES string of the molecule is CC(C)(C)c1ccc(Nc2cc3c(cc2-c2c4c5c(c6cc(C(C)(C)C)ccc6n5-c5cc6oc7ccccc7c6cc5[B]4)c4c2sc2ccccc24)-c2ccccc2C3(C)C)cc1. The first-order valence-electron chi connectivity index (χ1n) is 22.7. The summed E-state index contributed by atoms with van der Waals surface area (Å²) in [5, 5.41) is 11.6. The van der Waals surface area contributed by atoms with E-state index < -0.39 is 0 Å². The molecule has 1 aliphatic heterocycles. The van der Waals surface area contributed by atoms with Gasteiger partial charge in [-0.1, -0.05) is 146 Å². The highest BCUT2D eigenvalue weighted by Gasteiger charge is 2.38. The zero-order chi connectivity index (χ0) is 43.6. The van der Waals surface area contributed by atoms with E-state index in [2.05, 4.69) is 212 Å². The summed E-state index contributed by atoms with van der Waals surface area (Å²) >= 11 is 1.93. The molecule has 0 fully saturated rings. The molecule has 1 N–H and O–H groups in total. The van der Waals surface area contributed by atoms with E-state index in [0.29, 0.717) is 0 Å². The maximum absolute atomic E-state index is 6.62. The van der Waals surface area contributed by atoms with Gasteiger partial charge in [-0.25, -0.2) is 0 Å². The van der Waals surface area contributed by atoms with Crippen molar-refractivity contribution < 1.29 is 4.42 Å². The number of furan rings is 1. The molecule has 11 aromatic rings. The van der Waals surface area contributed by atoms with Gasteiger partial charge >= 0.3 is 0 Å². The molecule has 1 aliphatic carbocycles. The second kappa shape index (κ2) is 12.8. The van der Waals surface area contributed by atoms with Crippen LogP contribution in [0.4, 0.5) is 11.4 Å². The van der Waals surface area contributed by atoms with Crippen molar-refractivity contribution in [2.45, 2.75) is 71.6 Å². The van der Waals surface area contributed by atoms with Crippen LogP contribution >= 0.6 is 11.3 Å². The Morgan fingerprint density at radius 2 is 1.31 bits per heavy atom. The van der Waals surface area contributed by atoms with Crippen molar-refractivity contribution in [2.75, 3.05) is 5.32 Å². The van der Waals surface area contributed by atoms with E-state index >= 15 is 0 Å². The predicted molar refractivity (Wildman–Crippen MR) is 276 cm³/mol. The first kappa shape index (κ1) is 38.0. The average molecular weight is 844 g/mol. The molecular weight excluding hydrogens is 796 g/mol. The van der Waals surface area contributed by atoms with E-state index in [1.54, 1.807) is 0 Å². The Kier molecular flexibility index (Phi) is 7.59. The summed E-state index contributed by atoms with van der Waals surface area (Å²) in [4.78, 5) is 0. The number of hydrogen-bond donors (Lipinski definition) is 1. The van der Waals surface area contributed by atoms with Crippen LogP contribution in [-0.4, -0.2) is 11.8 Å². The van der Waals surface area contributed by atoms with Crippen LogP contribution in [0.15, 0.2) is 144 Å². The molecule has 0 bridgehead atoms. The lowest BCUT2D eigenvalue weighted by atomic mass is 9.58. The Bertz CT molecular complexity index is 3830. The summed E-state index contributed by atoms with van der Waals surface area (Å²) in [6, 6.07) is 52.5. The largest absolute Gasteiger partial charge is 0.456 e. The number of nitrogens with zero attached hydrogens (tertiary/aromatic N) is 1.